The van der Waals surface area contributed by atoms with Crippen molar-refractivity contribution in [2.45, 2.75) is 6.61 Å². The summed E-state index contributed by atoms with van der Waals surface area (Å²) >= 11 is 0. The van der Waals surface area contributed by atoms with Gasteiger partial charge >= 0.3 is 0 Å². The van der Waals surface area contributed by atoms with E-state index >= 15 is 0 Å². The van der Waals surface area contributed by atoms with Crippen LogP contribution in [-0.2, 0) is 6.61 Å². The lowest BCUT2D eigenvalue weighted by Gasteiger charge is -2.04. The van der Waals surface area contributed by atoms with Crippen molar-refractivity contribution in [1.29, 1.82) is 0 Å². The molecule has 0 spiro atoms. The lowest BCUT2D eigenvalue weighted by Crippen LogP contribution is -1.96. The molecule has 0 fully saturated rings. The molecule has 0 heterocycles. The van der Waals surface area contributed by atoms with E-state index in [9.17, 15) is 9.90 Å². The van der Waals surface area contributed by atoms with E-state index in [-0.39, 0.29) is 23.7 Å². The van der Waals surface area contributed by atoms with Crippen LogP contribution in [0.15, 0.2) is 48.5 Å². The van der Waals surface area contributed by atoms with Gasteiger partial charge in [0.2, 0.25) is 0 Å². The second kappa shape index (κ2) is 6.72. The first-order chi connectivity index (χ1) is 10.1. The molecule has 2 rings (SSSR count). The van der Waals surface area contributed by atoms with Gasteiger partial charge in [-0.05, 0) is 35.4 Å². The molecule has 0 aliphatic rings. The number of phenols is 1. The fourth-order valence-corrected chi connectivity index (χ4v) is 1.84. The number of aromatic hydroxyl groups is 1. The molecule has 2 aromatic rings. The average molecular weight is 284 g/mol. The van der Waals surface area contributed by atoms with Gasteiger partial charge < -0.3 is 14.9 Å². The first-order valence-electron chi connectivity index (χ1n) is 6.43. The summed E-state index contributed by atoms with van der Waals surface area (Å²) in [5.74, 6) is 0.121. The highest BCUT2D eigenvalue weighted by Gasteiger charge is 2.09. The van der Waals surface area contributed by atoms with Crippen molar-refractivity contribution in [2.24, 2.45) is 0 Å². The highest BCUT2D eigenvalue weighted by Crippen LogP contribution is 2.23. The number of aliphatic hydroxyl groups is 1. The Morgan fingerprint density at radius 3 is 2.52 bits per heavy atom. The van der Waals surface area contributed by atoms with Crippen LogP contribution in [-0.4, -0.2) is 23.1 Å². The third kappa shape index (κ3) is 3.70. The predicted molar refractivity (Wildman–Crippen MR) is 80.4 cm³/mol. The first-order valence-corrected chi connectivity index (χ1v) is 6.43. The van der Waals surface area contributed by atoms with E-state index in [1.165, 1.54) is 25.3 Å². The number of hydrogen-bond acceptors (Lipinski definition) is 4. The Morgan fingerprint density at radius 2 is 1.90 bits per heavy atom. The van der Waals surface area contributed by atoms with Gasteiger partial charge in [0.25, 0.3) is 0 Å². The molecule has 0 unspecified atom stereocenters. The van der Waals surface area contributed by atoms with Crippen molar-refractivity contribution < 1.29 is 19.7 Å². The van der Waals surface area contributed by atoms with E-state index in [2.05, 4.69) is 0 Å². The molecule has 0 saturated heterocycles. The molecule has 21 heavy (non-hydrogen) atoms. The molecule has 0 atom stereocenters. The number of benzene rings is 2. The number of allylic oxidation sites excluding steroid dienone is 1. The Labute approximate surface area is 122 Å². The number of methoxy groups -OCH3 is 1. The summed E-state index contributed by atoms with van der Waals surface area (Å²) in [6.07, 6.45) is 3.05. The van der Waals surface area contributed by atoms with Crippen molar-refractivity contribution >= 4 is 11.9 Å². The molecule has 0 amide bonds. The monoisotopic (exact) mass is 284 g/mol. The molecule has 0 aliphatic heterocycles. The number of phenolic OH excluding ortho intramolecular Hbond substituents is 1. The maximum atomic E-state index is 12.1. The maximum Gasteiger partial charge on any atom is 0.189 e. The Bertz CT molecular complexity index is 657. The molecular weight excluding hydrogens is 268 g/mol. The highest BCUT2D eigenvalue weighted by molar-refractivity contribution is 6.08. The van der Waals surface area contributed by atoms with Crippen LogP contribution < -0.4 is 4.74 Å². The fourth-order valence-electron chi connectivity index (χ4n) is 1.84. The van der Waals surface area contributed by atoms with E-state index in [1.54, 1.807) is 36.4 Å². The van der Waals surface area contributed by atoms with Crippen molar-refractivity contribution in [1.82, 2.24) is 0 Å². The SMILES string of the molecule is COc1ccc(O)c(C(=O)/C=C/c2ccc(CO)cc2)c1. The standard InChI is InChI=1S/C17H16O4/c1-21-14-7-9-17(20)15(10-14)16(19)8-6-12-2-4-13(11-18)5-3-12/h2-10,18,20H,11H2,1H3/b8-6+. The van der Waals surface area contributed by atoms with Crippen LogP contribution >= 0.6 is 0 Å². The van der Waals surface area contributed by atoms with Gasteiger partial charge in [-0.1, -0.05) is 30.3 Å². The van der Waals surface area contributed by atoms with E-state index in [0.717, 1.165) is 11.1 Å². The number of ether oxygens (including phenoxy) is 1. The molecule has 0 bridgehead atoms. The zero-order valence-electron chi connectivity index (χ0n) is 11.6. The van der Waals surface area contributed by atoms with E-state index < -0.39 is 0 Å². The summed E-state index contributed by atoms with van der Waals surface area (Å²) in [4.78, 5) is 12.1. The zero-order valence-corrected chi connectivity index (χ0v) is 11.6. The van der Waals surface area contributed by atoms with Gasteiger partial charge in [0.15, 0.2) is 5.78 Å². The van der Waals surface area contributed by atoms with Gasteiger partial charge in [-0.3, -0.25) is 4.79 Å². The third-order valence-electron chi connectivity index (χ3n) is 3.06. The molecule has 0 saturated carbocycles. The molecule has 4 nitrogen and oxygen atoms in total. The molecular formula is C17H16O4. The summed E-state index contributed by atoms with van der Waals surface area (Å²) in [6.45, 7) is -0.0133. The highest BCUT2D eigenvalue weighted by atomic mass is 16.5. The Kier molecular flexibility index (Phi) is 4.74. The predicted octanol–water partition coefficient (Wildman–Crippen LogP) is 2.79. The van der Waals surface area contributed by atoms with Crippen LogP contribution in [0.2, 0.25) is 0 Å². The largest absolute Gasteiger partial charge is 0.507 e. The summed E-state index contributed by atoms with van der Waals surface area (Å²) in [5, 5.41) is 18.7. The summed E-state index contributed by atoms with van der Waals surface area (Å²) in [5.41, 5.74) is 1.84. The second-order valence-electron chi connectivity index (χ2n) is 4.48. The summed E-state index contributed by atoms with van der Waals surface area (Å²) < 4.78 is 5.04. The fraction of sp³-hybridized carbons (Fsp3) is 0.118. The maximum absolute atomic E-state index is 12.1. The Hall–Kier alpha value is -2.59. The van der Waals surface area contributed by atoms with Crippen molar-refractivity contribution in [3.8, 4) is 11.5 Å². The van der Waals surface area contributed by atoms with Crippen LogP contribution in [0.1, 0.15) is 21.5 Å². The van der Waals surface area contributed by atoms with Gasteiger partial charge in [-0.25, -0.2) is 0 Å². The van der Waals surface area contributed by atoms with E-state index in [0.29, 0.717) is 5.75 Å². The molecule has 0 aromatic heterocycles. The van der Waals surface area contributed by atoms with Gasteiger partial charge in [-0.15, -0.1) is 0 Å². The minimum atomic E-state index is -0.308. The molecule has 108 valence electrons. The number of carbonyl (C=O) groups excluding carboxylic acids is 1. The van der Waals surface area contributed by atoms with Crippen LogP contribution in [0.5, 0.6) is 11.5 Å². The van der Waals surface area contributed by atoms with Crippen LogP contribution in [0.3, 0.4) is 0 Å². The molecule has 2 N–H and O–H groups in total. The normalized spacial score (nSPS) is 10.8. The minimum Gasteiger partial charge on any atom is -0.507 e. The Morgan fingerprint density at radius 1 is 1.19 bits per heavy atom. The lowest BCUT2D eigenvalue weighted by atomic mass is 10.1. The number of rotatable bonds is 5. The molecule has 0 aliphatic carbocycles. The van der Waals surface area contributed by atoms with Crippen molar-refractivity contribution in [2.75, 3.05) is 7.11 Å². The Balaban J connectivity index is 2.18. The summed E-state index contributed by atoms with van der Waals surface area (Å²) in [6, 6.07) is 11.7. The average Bonchev–Trinajstić information content (AvgIpc) is 2.53. The third-order valence-corrected chi connectivity index (χ3v) is 3.06. The van der Waals surface area contributed by atoms with Gasteiger partial charge in [0.1, 0.15) is 11.5 Å². The lowest BCUT2D eigenvalue weighted by molar-refractivity contribution is 0.104. The summed E-state index contributed by atoms with van der Waals surface area (Å²) in [7, 11) is 1.50. The van der Waals surface area contributed by atoms with Crippen LogP contribution in [0, 0.1) is 0 Å². The van der Waals surface area contributed by atoms with Crippen molar-refractivity contribution in [3.05, 3.63) is 65.2 Å². The van der Waals surface area contributed by atoms with Crippen LogP contribution in [0.4, 0.5) is 0 Å². The first kappa shape index (κ1) is 14.8. The number of aliphatic hydroxyl groups excluding tert-OH is 1. The smallest absolute Gasteiger partial charge is 0.189 e. The van der Waals surface area contributed by atoms with E-state index in [1.807, 2.05) is 0 Å². The molecule has 4 heteroatoms. The number of hydrogen-bond donors (Lipinski definition) is 2. The van der Waals surface area contributed by atoms with Crippen LogP contribution in [0.25, 0.3) is 6.08 Å². The number of ketones is 1. The van der Waals surface area contributed by atoms with Gasteiger partial charge in [0.05, 0.1) is 19.3 Å². The topological polar surface area (TPSA) is 66.8 Å². The van der Waals surface area contributed by atoms with E-state index in [4.69, 9.17) is 9.84 Å². The van der Waals surface area contributed by atoms with Crippen molar-refractivity contribution in [3.63, 3.8) is 0 Å². The zero-order chi connectivity index (χ0) is 15.2. The quantitative estimate of drug-likeness (QED) is 0.654. The number of carbonyl (C=O) groups is 1. The minimum absolute atomic E-state index is 0.0133. The van der Waals surface area contributed by atoms with Gasteiger partial charge in [-0.2, -0.15) is 0 Å². The molecule has 2 aromatic carbocycles. The second-order valence-corrected chi connectivity index (χ2v) is 4.48. The van der Waals surface area contributed by atoms with Gasteiger partial charge in [0, 0.05) is 0 Å². The molecule has 0 radical (unpaired) electrons.